The maximum atomic E-state index is 13.0. The van der Waals surface area contributed by atoms with Gasteiger partial charge >= 0.3 is 0 Å². The van der Waals surface area contributed by atoms with Crippen LogP contribution in [0.1, 0.15) is 32.8 Å². The molecule has 1 aromatic carbocycles. The second-order valence-corrected chi connectivity index (χ2v) is 11.6. The SMILES string of the molecule is CCOP(=S)(SC(C)CC)N(C=O)Cc1ccc(F)cc1. The van der Waals surface area contributed by atoms with E-state index in [1.165, 1.54) is 12.1 Å². The fourth-order valence-corrected chi connectivity index (χ4v) is 8.19. The molecule has 7 heteroatoms. The fourth-order valence-electron chi connectivity index (χ4n) is 1.59. The molecule has 0 aliphatic rings. The number of carbonyl (C=O) groups is 1. The maximum absolute atomic E-state index is 13.0. The summed E-state index contributed by atoms with van der Waals surface area (Å²) in [7, 11) is 0. The molecule has 1 amide bonds. The molecule has 2 unspecified atom stereocenters. The van der Waals surface area contributed by atoms with Crippen LogP contribution in [0.4, 0.5) is 4.39 Å². The highest BCUT2D eigenvalue weighted by Gasteiger charge is 2.28. The minimum atomic E-state index is -2.46. The molecule has 0 aliphatic carbocycles. The summed E-state index contributed by atoms with van der Waals surface area (Å²) >= 11 is 7.21. The van der Waals surface area contributed by atoms with E-state index >= 15 is 0 Å². The summed E-state index contributed by atoms with van der Waals surface area (Å²) in [6, 6.07) is 6.07. The lowest BCUT2D eigenvalue weighted by Gasteiger charge is -2.32. The maximum Gasteiger partial charge on any atom is 0.216 e. The van der Waals surface area contributed by atoms with Crippen molar-refractivity contribution >= 4 is 35.2 Å². The van der Waals surface area contributed by atoms with Crippen LogP contribution >= 0.6 is 17.0 Å². The molecule has 1 rings (SSSR count). The van der Waals surface area contributed by atoms with Crippen LogP contribution in [0.5, 0.6) is 0 Å². The van der Waals surface area contributed by atoms with Gasteiger partial charge < -0.3 is 4.52 Å². The van der Waals surface area contributed by atoms with Gasteiger partial charge in [0.05, 0.1) is 13.2 Å². The van der Waals surface area contributed by atoms with Crippen molar-refractivity contribution in [3.63, 3.8) is 0 Å². The Morgan fingerprint density at radius 1 is 1.43 bits per heavy atom. The second kappa shape index (κ2) is 8.89. The first-order valence-electron chi connectivity index (χ1n) is 6.85. The number of carbonyl (C=O) groups excluding carboxylic acids is 1. The lowest BCUT2D eigenvalue weighted by molar-refractivity contribution is -0.114. The summed E-state index contributed by atoms with van der Waals surface area (Å²) in [5.74, 6) is -0.297. The summed E-state index contributed by atoms with van der Waals surface area (Å²) in [5, 5.41) is 0.318. The number of nitrogens with zero attached hydrogens (tertiary/aromatic N) is 1. The molecule has 0 bridgehead atoms. The highest BCUT2D eigenvalue weighted by atomic mass is 32.9. The van der Waals surface area contributed by atoms with E-state index in [0.717, 1.165) is 18.4 Å². The van der Waals surface area contributed by atoms with Crippen molar-refractivity contribution in [1.29, 1.82) is 0 Å². The predicted molar refractivity (Wildman–Crippen MR) is 91.3 cm³/mol. The zero-order valence-electron chi connectivity index (χ0n) is 12.5. The quantitative estimate of drug-likeness (QED) is 0.482. The van der Waals surface area contributed by atoms with Gasteiger partial charge in [-0.25, -0.2) is 4.39 Å². The Morgan fingerprint density at radius 2 is 2.05 bits per heavy atom. The zero-order valence-corrected chi connectivity index (χ0v) is 15.0. The molecule has 0 fully saturated rings. The molecule has 2 atom stereocenters. The van der Waals surface area contributed by atoms with Gasteiger partial charge in [-0.05, 0) is 42.8 Å². The average molecular weight is 349 g/mol. The van der Waals surface area contributed by atoms with Gasteiger partial charge in [0.2, 0.25) is 12.0 Å². The fraction of sp³-hybridized carbons (Fsp3) is 0.500. The number of benzene rings is 1. The van der Waals surface area contributed by atoms with Gasteiger partial charge in [-0.15, -0.1) is 0 Å². The first kappa shape index (κ1) is 18.6. The van der Waals surface area contributed by atoms with Crippen molar-refractivity contribution in [3.05, 3.63) is 35.6 Å². The molecule has 0 N–H and O–H groups in total. The van der Waals surface area contributed by atoms with Crippen molar-refractivity contribution in [2.24, 2.45) is 0 Å². The van der Waals surface area contributed by atoms with Crippen LogP contribution in [-0.4, -0.2) is 22.9 Å². The Balaban J connectivity index is 2.93. The molecule has 0 heterocycles. The number of hydrogen-bond acceptors (Lipinski definition) is 4. The molecule has 0 saturated carbocycles. The van der Waals surface area contributed by atoms with Gasteiger partial charge in [-0.1, -0.05) is 37.4 Å². The highest BCUT2D eigenvalue weighted by Crippen LogP contribution is 2.64. The van der Waals surface area contributed by atoms with Crippen LogP contribution in [0.15, 0.2) is 24.3 Å². The Kier molecular flexibility index (Phi) is 7.88. The highest BCUT2D eigenvalue weighted by molar-refractivity contribution is 8.68. The van der Waals surface area contributed by atoms with E-state index in [-0.39, 0.29) is 5.82 Å². The summed E-state index contributed by atoms with van der Waals surface area (Å²) in [5.41, 5.74) is -1.62. The second-order valence-electron chi connectivity index (χ2n) is 4.54. The summed E-state index contributed by atoms with van der Waals surface area (Å²) < 4.78 is 20.3. The topological polar surface area (TPSA) is 29.5 Å². The molecular formula is C14H21FNO2PS2. The predicted octanol–water partition coefficient (Wildman–Crippen LogP) is 4.58. The van der Waals surface area contributed by atoms with Gasteiger partial charge in [0.25, 0.3) is 0 Å². The third-order valence-corrected chi connectivity index (χ3v) is 9.83. The Labute approximate surface area is 135 Å². The smallest absolute Gasteiger partial charge is 0.216 e. The van der Waals surface area contributed by atoms with E-state index in [1.54, 1.807) is 28.2 Å². The van der Waals surface area contributed by atoms with Crippen LogP contribution in [0.2, 0.25) is 0 Å². The van der Waals surface area contributed by atoms with Crippen molar-refractivity contribution in [2.45, 2.75) is 39.0 Å². The minimum Gasteiger partial charge on any atom is -0.327 e. The van der Waals surface area contributed by atoms with E-state index in [4.69, 9.17) is 16.3 Å². The Morgan fingerprint density at radius 3 is 2.52 bits per heavy atom. The van der Waals surface area contributed by atoms with E-state index in [9.17, 15) is 9.18 Å². The number of hydrogen-bond donors (Lipinski definition) is 0. The van der Waals surface area contributed by atoms with E-state index in [0.29, 0.717) is 18.4 Å². The molecule has 1 aromatic rings. The molecule has 0 aliphatic heterocycles. The van der Waals surface area contributed by atoms with Crippen molar-refractivity contribution in [1.82, 2.24) is 4.67 Å². The first-order chi connectivity index (χ1) is 9.95. The first-order valence-corrected chi connectivity index (χ1v) is 11.0. The van der Waals surface area contributed by atoms with Crippen LogP contribution in [0.3, 0.4) is 0 Å². The Bertz CT molecular complexity index is 498. The van der Waals surface area contributed by atoms with Gasteiger partial charge in [0.1, 0.15) is 5.82 Å². The van der Waals surface area contributed by atoms with Gasteiger partial charge in [-0.2, -0.15) is 0 Å². The van der Waals surface area contributed by atoms with Crippen molar-refractivity contribution in [2.75, 3.05) is 6.61 Å². The normalized spacial score (nSPS) is 15.2. The molecule has 118 valence electrons. The summed E-state index contributed by atoms with van der Waals surface area (Å²) in [6.45, 7) is 6.83. The molecule has 21 heavy (non-hydrogen) atoms. The summed E-state index contributed by atoms with van der Waals surface area (Å²) in [4.78, 5) is 11.5. The van der Waals surface area contributed by atoms with Crippen LogP contribution in [-0.2, 0) is 27.7 Å². The number of rotatable bonds is 9. The number of halogens is 1. The lowest BCUT2D eigenvalue weighted by atomic mass is 10.2. The largest absolute Gasteiger partial charge is 0.327 e. The molecular weight excluding hydrogens is 328 g/mol. The van der Waals surface area contributed by atoms with E-state index in [2.05, 4.69) is 13.8 Å². The minimum absolute atomic E-state index is 0.297. The standard InChI is InChI=1S/C14H21FNO2PS2/c1-4-12(3)21-19(20,18-5-2)16(11-17)10-13-6-8-14(15)9-7-13/h6-9,11-12H,4-5,10H2,1-3H3. The van der Waals surface area contributed by atoms with Crippen molar-refractivity contribution in [3.8, 4) is 0 Å². The summed E-state index contributed by atoms with van der Waals surface area (Å²) in [6.07, 6.45) is 1.70. The van der Waals surface area contributed by atoms with Gasteiger partial charge in [0.15, 0.2) is 0 Å². The third kappa shape index (κ3) is 5.70. The van der Waals surface area contributed by atoms with Crippen molar-refractivity contribution < 1.29 is 13.7 Å². The molecule has 3 nitrogen and oxygen atoms in total. The molecule has 0 aromatic heterocycles. The van der Waals surface area contributed by atoms with Crippen LogP contribution < -0.4 is 0 Å². The van der Waals surface area contributed by atoms with Crippen LogP contribution in [0.25, 0.3) is 0 Å². The lowest BCUT2D eigenvalue weighted by Crippen LogP contribution is -2.19. The van der Waals surface area contributed by atoms with Crippen LogP contribution in [0, 0.1) is 5.82 Å². The molecule has 0 saturated heterocycles. The Hall–Kier alpha value is -0.420. The average Bonchev–Trinajstić information content (AvgIpc) is 2.46. The molecule has 0 spiro atoms. The monoisotopic (exact) mass is 349 g/mol. The third-order valence-electron chi connectivity index (χ3n) is 2.87. The van der Waals surface area contributed by atoms with E-state index in [1.807, 2.05) is 6.92 Å². The van der Waals surface area contributed by atoms with E-state index < -0.39 is 5.62 Å². The number of amides is 1. The van der Waals surface area contributed by atoms with Gasteiger partial charge in [-0.3, -0.25) is 9.46 Å². The van der Waals surface area contributed by atoms with Gasteiger partial charge in [0, 0.05) is 5.25 Å². The zero-order chi connectivity index (χ0) is 15.9. The molecule has 0 radical (unpaired) electrons.